The zero-order chi connectivity index (χ0) is 28.5. The predicted molar refractivity (Wildman–Crippen MR) is 166 cm³/mol. The van der Waals surface area contributed by atoms with E-state index >= 15 is 0 Å². The Morgan fingerprint density at radius 1 is 0.927 bits per heavy atom. The minimum Gasteiger partial charge on any atom is -0.497 e. The van der Waals surface area contributed by atoms with Crippen molar-refractivity contribution < 1.29 is 14.2 Å². The van der Waals surface area contributed by atoms with E-state index in [0.29, 0.717) is 10.9 Å². The van der Waals surface area contributed by atoms with Gasteiger partial charge in [-0.3, -0.25) is 4.98 Å². The van der Waals surface area contributed by atoms with Crippen LogP contribution in [0.4, 0.5) is 11.4 Å². The Hall–Kier alpha value is -4.08. The Morgan fingerprint density at radius 2 is 1.68 bits per heavy atom. The number of nitrogens with zero attached hydrogens (tertiary/aromatic N) is 4. The first kappa shape index (κ1) is 27.1. The maximum atomic E-state index is 5.98. The van der Waals surface area contributed by atoms with Crippen LogP contribution in [0.15, 0.2) is 72.9 Å². The van der Waals surface area contributed by atoms with Gasteiger partial charge in [0.15, 0.2) is 5.11 Å². The molecular formula is C32H35N5O3S. The molecule has 0 amide bonds. The van der Waals surface area contributed by atoms with Gasteiger partial charge in [-0.05, 0) is 86.2 Å². The van der Waals surface area contributed by atoms with Gasteiger partial charge in [-0.1, -0.05) is 6.07 Å². The summed E-state index contributed by atoms with van der Waals surface area (Å²) in [7, 11) is 3.32. The number of aryl methyl sites for hydroxylation is 1. The topological polar surface area (TPSA) is 64.0 Å². The van der Waals surface area contributed by atoms with Gasteiger partial charge in [-0.15, -0.1) is 0 Å². The van der Waals surface area contributed by atoms with E-state index < -0.39 is 0 Å². The number of methoxy groups -OCH3 is 2. The highest BCUT2D eigenvalue weighted by atomic mass is 32.1. The largest absolute Gasteiger partial charge is 0.497 e. The molecule has 0 saturated carbocycles. The van der Waals surface area contributed by atoms with Crippen LogP contribution in [-0.2, 0) is 4.74 Å². The van der Waals surface area contributed by atoms with Gasteiger partial charge in [0.1, 0.15) is 11.5 Å². The normalized spacial score (nSPS) is 18.9. The number of hydrogen-bond acceptors (Lipinski definition) is 6. The highest BCUT2D eigenvalue weighted by Crippen LogP contribution is 2.46. The minimum absolute atomic E-state index is 0.159. The summed E-state index contributed by atoms with van der Waals surface area (Å²) >= 11 is 5.98. The maximum absolute atomic E-state index is 5.98. The Kier molecular flexibility index (Phi) is 7.55. The summed E-state index contributed by atoms with van der Waals surface area (Å²) in [5.74, 6) is 1.41. The van der Waals surface area contributed by atoms with E-state index in [1.807, 2.05) is 42.6 Å². The van der Waals surface area contributed by atoms with E-state index in [1.165, 1.54) is 11.3 Å². The summed E-state index contributed by atoms with van der Waals surface area (Å²) in [6.07, 6.45) is 1.83. The second-order valence-electron chi connectivity index (χ2n) is 10.3. The Bertz CT molecular complexity index is 1530. The maximum Gasteiger partial charge on any atom is 0.174 e. The number of thiocarbonyl (C=S) groups is 1. The van der Waals surface area contributed by atoms with Crippen molar-refractivity contribution >= 4 is 28.7 Å². The van der Waals surface area contributed by atoms with Gasteiger partial charge in [0.2, 0.25) is 0 Å². The van der Waals surface area contributed by atoms with E-state index in [4.69, 9.17) is 31.4 Å². The van der Waals surface area contributed by atoms with E-state index in [9.17, 15) is 0 Å². The molecule has 2 atom stereocenters. The number of nitrogens with one attached hydrogen (secondary N) is 1. The van der Waals surface area contributed by atoms with Crippen LogP contribution in [-0.4, -0.2) is 55.2 Å². The van der Waals surface area contributed by atoms with Crippen molar-refractivity contribution in [2.24, 2.45) is 0 Å². The zero-order valence-electron chi connectivity index (χ0n) is 23.8. The quantitative estimate of drug-likeness (QED) is 0.292. The van der Waals surface area contributed by atoms with Crippen LogP contribution < -0.4 is 24.6 Å². The van der Waals surface area contributed by atoms with E-state index in [2.05, 4.69) is 63.9 Å². The molecule has 4 aromatic rings. The van der Waals surface area contributed by atoms with Crippen molar-refractivity contribution in [1.29, 1.82) is 0 Å². The second-order valence-corrected chi connectivity index (χ2v) is 10.7. The lowest BCUT2D eigenvalue weighted by atomic mass is 9.96. The van der Waals surface area contributed by atoms with Gasteiger partial charge in [0.05, 0.1) is 50.9 Å². The molecule has 1 N–H and O–H groups in total. The van der Waals surface area contributed by atoms with E-state index in [1.54, 1.807) is 14.2 Å². The van der Waals surface area contributed by atoms with Gasteiger partial charge in [-0.2, -0.15) is 0 Å². The molecule has 2 fully saturated rings. The standard InChI is InChI=1S/C32H35N5O3S/c1-21-19-26(22(2)36(21)24-10-8-23(9-11-24)35-15-17-40-18-16-35)31-30(27-7-5-6-14-33-27)34-32(41)37(31)28-13-12-25(38-3)20-29(28)39-4/h5-14,19-20,30-31H,15-18H2,1-4H3,(H,34,41)/t30-,31+/m1/s1. The smallest absolute Gasteiger partial charge is 0.174 e. The summed E-state index contributed by atoms with van der Waals surface area (Å²) in [5, 5.41) is 4.19. The number of morpholine rings is 1. The molecule has 6 rings (SSSR count). The molecule has 2 aromatic heterocycles. The second kappa shape index (κ2) is 11.4. The van der Waals surface area contributed by atoms with Crippen molar-refractivity contribution in [2.45, 2.75) is 25.9 Å². The summed E-state index contributed by atoms with van der Waals surface area (Å²) in [6, 6.07) is 22.6. The molecule has 0 unspecified atom stereocenters. The Morgan fingerprint density at radius 3 is 2.37 bits per heavy atom. The lowest BCUT2D eigenvalue weighted by molar-refractivity contribution is 0.122. The monoisotopic (exact) mass is 569 g/mol. The van der Waals surface area contributed by atoms with Crippen LogP contribution in [0.3, 0.4) is 0 Å². The number of pyridine rings is 1. The molecule has 2 aliphatic heterocycles. The number of ether oxygens (including phenoxy) is 3. The molecule has 0 bridgehead atoms. The van der Waals surface area contributed by atoms with Crippen LogP contribution in [0.5, 0.6) is 11.5 Å². The van der Waals surface area contributed by atoms with Crippen molar-refractivity contribution in [3.63, 3.8) is 0 Å². The fraction of sp³-hybridized carbons (Fsp3) is 0.312. The third-order valence-electron chi connectivity index (χ3n) is 8.02. The molecule has 41 heavy (non-hydrogen) atoms. The molecular weight excluding hydrogens is 534 g/mol. The molecule has 2 saturated heterocycles. The predicted octanol–water partition coefficient (Wildman–Crippen LogP) is 5.52. The fourth-order valence-electron chi connectivity index (χ4n) is 6.03. The van der Waals surface area contributed by atoms with Gasteiger partial charge in [-0.25, -0.2) is 0 Å². The number of aromatic nitrogens is 2. The number of rotatable bonds is 7. The molecule has 212 valence electrons. The average Bonchev–Trinajstić information content (AvgIpc) is 3.52. The van der Waals surface area contributed by atoms with E-state index in [0.717, 1.165) is 60.5 Å². The van der Waals surface area contributed by atoms with Gasteiger partial charge >= 0.3 is 0 Å². The highest BCUT2D eigenvalue weighted by molar-refractivity contribution is 7.80. The first-order valence-electron chi connectivity index (χ1n) is 13.8. The van der Waals surface area contributed by atoms with Crippen molar-refractivity contribution in [3.8, 4) is 17.2 Å². The SMILES string of the molecule is COc1ccc(N2C(=S)N[C@H](c3ccccn3)[C@@H]2c2cc(C)n(-c3ccc(N4CCOCC4)cc3)c2C)c(OC)c1. The summed E-state index contributed by atoms with van der Waals surface area (Å²) in [4.78, 5) is 9.24. The first-order valence-corrected chi connectivity index (χ1v) is 14.3. The minimum atomic E-state index is -0.160. The number of hydrogen-bond donors (Lipinski definition) is 1. The van der Waals surface area contributed by atoms with Crippen LogP contribution >= 0.6 is 12.2 Å². The summed E-state index contributed by atoms with van der Waals surface area (Å²) in [5.41, 5.74) is 7.61. The molecule has 0 radical (unpaired) electrons. The molecule has 0 spiro atoms. The van der Waals surface area contributed by atoms with Gasteiger partial charge in [0.25, 0.3) is 0 Å². The average molecular weight is 570 g/mol. The highest BCUT2D eigenvalue weighted by Gasteiger charge is 2.43. The molecule has 8 nitrogen and oxygen atoms in total. The van der Waals surface area contributed by atoms with Crippen molar-refractivity contribution in [2.75, 3.05) is 50.3 Å². The summed E-state index contributed by atoms with van der Waals surface area (Å²) < 4.78 is 19.1. The van der Waals surface area contributed by atoms with Crippen LogP contribution in [0, 0.1) is 13.8 Å². The van der Waals surface area contributed by atoms with E-state index in [-0.39, 0.29) is 12.1 Å². The number of benzene rings is 2. The van der Waals surface area contributed by atoms with Crippen molar-refractivity contribution in [1.82, 2.24) is 14.9 Å². The van der Waals surface area contributed by atoms with Gasteiger partial charge in [0, 0.05) is 48.1 Å². The van der Waals surface area contributed by atoms with Crippen LogP contribution in [0.1, 0.15) is 34.7 Å². The number of anilines is 2. The molecule has 9 heteroatoms. The molecule has 4 heterocycles. The van der Waals surface area contributed by atoms with Crippen molar-refractivity contribution in [3.05, 3.63) is 95.6 Å². The lowest BCUT2D eigenvalue weighted by Gasteiger charge is -2.29. The molecule has 0 aliphatic carbocycles. The third kappa shape index (κ3) is 5.00. The Labute approximate surface area is 246 Å². The lowest BCUT2D eigenvalue weighted by Crippen LogP contribution is -2.36. The molecule has 2 aliphatic rings. The Balaban J connectivity index is 1.44. The zero-order valence-corrected chi connectivity index (χ0v) is 24.6. The fourth-order valence-corrected chi connectivity index (χ4v) is 6.37. The third-order valence-corrected chi connectivity index (χ3v) is 8.33. The van der Waals surface area contributed by atoms with Gasteiger partial charge < -0.3 is 33.9 Å². The summed E-state index contributed by atoms with van der Waals surface area (Å²) in [6.45, 7) is 7.70. The van der Waals surface area contributed by atoms with Crippen LogP contribution in [0.2, 0.25) is 0 Å². The first-order chi connectivity index (χ1) is 20.0. The molecule has 2 aromatic carbocycles. The van der Waals surface area contributed by atoms with Crippen LogP contribution in [0.25, 0.3) is 5.69 Å².